The topological polar surface area (TPSA) is 117 Å². The molecule has 0 fully saturated rings. The summed E-state index contributed by atoms with van der Waals surface area (Å²) in [5, 5.41) is 17.7. The Hall–Kier alpha value is -2.61. The maximum atomic E-state index is 12.1. The molecule has 0 aliphatic rings. The maximum Gasteiger partial charge on any atom is 0.326 e. The minimum atomic E-state index is -1.08. The highest BCUT2D eigenvalue weighted by Gasteiger charge is 2.19. The smallest absolute Gasteiger partial charge is 0.326 e. The second kappa shape index (κ2) is 13.5. The van der Waals surface area contributed by atoms with E-state index in [9.17, 15) is 19.5 Å². The van der Waals surface area contributed by atoms with E-state index in [1.54, 1.807) is 19.1 Å². The molecule has 8 nitrogen and oxygen atoms in total. The van der Waals surface area contributed by atoms with Crippen LogP contribution in [0, 0.1) is 0 Å². The lowest BCUT2D eigenvalue weighted by Gasteiger charge is -2.14. The first-order valence-electron chi connectivity index (χ1n) is 9.70. The standard InChI is InChI=1S/C20H31N3O5/c1-3-12-21-16-10-8-15(9-11-16)19(25)22-13-6-5-7-17(20(26)27)23-18(24)14-28-4-2/h8-11,17,21H,3-7,12-14H2,1-2H3,(H,22,25)(H,23,24)(H,26,27)/t17-/m0/s1. The van der Waals surface area contributed by atoms with Gasteiger partial charge in [0.2, 0.25) is 5.91 Å². The third kappa shape index (κ3) is 9.36. The van der Waals surface area contributed by atoms with Gasteiger partial charge in [0, 0.05) is 30.9 Å². The first-order chi connectivity index (χ1) is 13.5. The van der Waals surface area contributed by atoms with Crippen LogP contribution in [0.15, 0.2) is 24.3 Å². The van der Waals surface area contributed by atoms with Crippen LogP contribution in [0.5, 0.6) is 0 Å². The van der Waals surface area contributed by atoms with E-state index in [1.807, 2.05) is 12.1 Å². The summed E-state index contributed by atoms with van der Waals surface area (Å²) in [7, 11) is 0. The number of nitrogens with one attached hydrogen (secondary N) is 3. The molecule has 0 heterocycles. The number of rotatable bonds is 14. The van der Waals surface area contributed by atoms with Gasteiger partial charge in [0.15, 0.2) is 0 Å². The molecule has 1 aromatic rings. The number of ether oxygens (including phenoxy) is 1. The summed E-state index contributed by atoms with van der Waals surface area (Å²) >= 11 is 0. The number of unbranched alkanes of at least 4 members (excludes halogenated alkanes) is 1. The number of hydrogen-bond donors (Lipinski definition) is 4. The van der Waals surface area contributed by atoms with E-state index in [0.29, 0.717) is 38.0 Å². The number of carboxylic acids is 1. The van der Waals surface area contributed by atoms with E-state index in [-0.39, 0.29) is 12.5 Å². The average Bonchev–Trinajstić information content (AvgIpc) is 2.69. The van der Waals surface area contributed by atoms with Crippen LogP contribution in [0.3, 0.4) is 0 Å². The maximum absolute atomic E-state index is 12.1. The Kier molecular flexibility index (Phi) is 11.3. The summed E-state index contributed by atoms with van der Waals surface area (Å²) in [5.41, 5.74) is 1.55. The normalized spacial score (nSPS) is 11.5. The summed E-state index contributed by atoms with van der Waals surface area (Å²) in [6.45, 7) is 5.41. The van der Waals surface area contributed by atoms with Crippen LogP contribution in [0.2, 0.25) is 0 Å². The molecule has 4 N–H and O–H groups in total. The number of benzene rings is 1. The summed E-state index contributed by atoms with van der Waals surface area (Å²) in [4.78, 5) is 34.9. The van der Waals surface area contributed by atoms with Crippen molar-refractivity contribution in [2.45, 2.75) is 45.6 Å². The number of aliphatic carboxylic acids is 1. The minimum Gasteiger partial charge on any atom is -0.480 e. The van der Waals surface area contributed by atoms with Crippen molar-refractivity contribution in [2.24, 2.45) is 0 Å². The Labute approximate surface area is 166 Å². The van der Waals surface area contributed by atoms with Gasteiger partial charge in [-0.15, -0.1) is 0 Å². The van der Waals surface area contributed by atoms with E-state index >= 15 is 0 Å². The predicted octanol–water partition coefficient (Wildman–Crippen LogP) is 2.01. The summed E-state index contributed by atoms with van der Waals surface area (Å²) in [6, 6.07) is 6.32. The van der Waals surface area contributed by atoms with Crippen molar-refractivity contribution in [1.29, 1.82) is 0 Å². The third-order valence-electron chi connectivity index (χ3n) is 4.00. The number of carbonyl (C=O) groups excluding carboxylic acids is 2. The zero-order chi connectivity index (χ0) is 20.8. The molecule has 2 amide bonds. The lowest BCUT2D eigenvalue weighted by molar-refractivity contribution is -0.142. The third-order valence-corrected chi connectivity index (χ3v) is 4.00. The minimum absolute atomic E-state index is 0.150. The fraction of sp³-hybridized carbons (Fsp3) is 0.550. The molecule has 0 saturated heterocycles. The van der Waals surface area contributed by atoms with Crippen LogP contribution < -0.4 is 16.0 Å². The van der Waals surface area contributed by atoms with Gasteiger partial charge in [-0.05, 0) is 56.9 Å². The fourth-order valence-electron chi connectivity index (χ4n) is 2.47. The first-order valence-corrected chi connectivity index (χ1v) is 9.70. The number of carbonyl (C=O) groups is 3. The van der Waals surface area contributed by atoms with Gasteiger partial charge < -0.3 is 25.8 Å². The Morgan fingerprint density at radius 3 is 2.39 bits per heavy atom. The predicted molar refractivity (Wildman–Crippen MR) is 107 cm³/mol. The molecule has 0 unspecified atom stereocenters. The van der Waals surface area contributed by atoms with E-state index in [4.69, 9.17) is 4.74 Å². The van der Waals surface area contributed by atoms with Crippen molar-refractivity contribution in [3.8, 4) is 0 Å². The van der Waals surface area contributed by atoms with Gasteiger partial charge in [0.05, 0.1) is 0 Å². The molecule has 28 heavy (non-hydrogen) atoms. The lowest BCUT2D eigenvalue weighted by atomic mass is 10.1. The molecule has 0 saturated carbocycles. The Morgan fingerprint density at radius 1 is 1.07 bits per heavy atom. The molecule has 1 rings (SSSR count). The zero-order valence-corrected chi connectivity index (χ0v) is 16.6. The van der Waals surface area contributed by atoms with Gasteiger partial charge in [-0.3, -0.25) is 9.59 Å². The molecule has 0 aliphatic carbocycles. The van der Waals surface area contributed by atoms with Crippen molar-refractivity contribution in [3.63, 3.8) is 0 Å². The quantitative estimate of drug-likeness (QED) is 0.359. The Balaban J connectivity index is 2.29. The van der Waals surface area contributed by atoms with E-state index in [0.717, 1.165) is 18.7 Å². The summed E-state index contributed by atoms with van der Waals surface area (Å²) in [6.07, 6.45) is 2.50. The number of amides is 2. The van der Waals surface area contributed by atoms with Crippen molar-refractivity contribution >= 4 is 23.5 Å². The highest BCUT2D eigenvalue weighted by atomic mass is 16.5. The van der Waals surface area contributed by atoms with Crippen LogP contribution in [0.1, 0.15) is 49.9 Å². The molecule has 0 radical (unpaired) electrons. The SMILES string of the molecule is CCCNc1ccc(C(=O)NCCCC[C@H](NC(=O)COCC)C(=O)O)cc1. The van der Waals surface area contributed by atoms with E-state index in [2.05, 4.69) is 22.9 Å². The second-order valence-electron chi connectivity index (χ2n) is 6.35. The highest BCUT2D eigenvalue weighted by Crippen LogP contribution is 2.09. The van der Waals surface area contributed by atoms with Gasteiger partial charge in [0.25, 0.3) is 5.91 Å². The van der Waals surface area contributed by atoms with Gasteiger partial charge in [-0.25, -0.2) is 4.79 Å². The lowest BCUT2D eigenvalue weighted by Crippen LogP contribution is -2.42. The molecular weight excluding hydrogens is 362 g/mol. The number of carboxylic acid groups (broad SMARTS) is 1. The molecule has 8 heteroatoms. The Bertz CT molecular complexity index is 619. The van der Waals surface area contributed by atoms with Gasteiger partial charge in [-0.1, -0.05) is 6.92 Å². The van der Waals surface area contributed by atoms with Crippen LogP contribution in [-0.2, 0) is 14.3 Å². The zero-order valence-electron chi connectivity index (χ0n) is 16.6. The molecule has 0 bridgehead atoms. The van der Waals surface area contributed by atoms with Gasteiger partial charge in [-0.2, -0.15) is 0 Å². The van der Waals surface area contributed by atoms with E-state index in [1.165, 1.54) is 0 Å². The monoisotopic (exact) mass is 393 g/mol. The average molecular weight is 393 g/mol. The largest absolute Gasteiger partial charge is 0.480 e. The molecular formula is C20H31N3O5. The van der Waals surface area contributed by atoms with Crippen LogP contribution >= 0.6 is 0 Å². The van der Waals surface area contributed by atoms with Gasteiger partial charge in [0.1, 0.15) is 12.6 Å². The van der Waals surface area contributed by atoms with Crippen LogP contribution in [-0.4, -0.2) is 55.2 Å². The highest BCUT2D eigenvalue weighted by molar-refractivity contribution is 5.94. The molecule has 0 aliphatic heterocycles. The molecule has 0 spiro atoms. The summed E-state index contributed by atoms with van der Waals surface area (Å²) in [5.74, 6) is -1.69. The Morgan fingerprint density at radius 2 is 1.79 bits per heavy atom. The van der Waals surface area contributed by atoms with Crippen molar-refractivity contribution in [1.82, 2.24) is 10.6 Å². The van der Waals surface area contributed by atoms with Crippen molar-refractivity contribution < 1.29 is 24.2 Å². The summed E-state index contributed by atoms with van der Waals surface area (Å²) < 4.78 is 4.96. The van der Waals surface area contributed by atoms with Crippen molar-refractivity contribution in [3.05, 3.63) is 29.8 Å². The fourth-order valence-corrected chi connectivity index (χ4v) is 2.47. The molecule has 156 valence electrons. The molecule has 0 aromatic heterocycles. The number of anilines is 1. The molecule has 1 aromatic carbocycles. The first kappa shape index (κ1) is 23.4. The number of hydrogen-bond acceptors (Lipinski definition) is 5. The van der Waals surface area contributed by atoms with Gasteiger partial charge >= 0.3 is 5.97 Å². The molecule has 1 atom stereocenters. The van der Waals surface area contributed by atoms with Crippen LogP contribution in [0.25, 0.3) is 0 Å². The van der Waals surface area contributed by atoms with E-state index < -0.39 is 17.9 Å². The van der Waals surface area contributed by atoms with Crippen molar-refractivity contribution in [2.75, 3.05) is 31.6 Å². The second-order valence-corrected chi connectivity index (χ2v) is 6.35. The van der Waals surface area contributed by atoms with Crippen LogP contribution in [0.4, 0.5) is 5.69 Å².